The molecule has 4 aromatic rings. The van der Waals surface area contributed by atoms with Crippen LogP contribution >= 0.6 is 27.5 Å². The molecule has 0 spiro atoms. The number of hydrogen-bond donors (Lipinski definition) is 1. The molecule has 0 heterocycles. The summed E-state index contributed by atoms with van der Waals surface area (Å²) in [5, 5.41) is 4.72. The van der Waals surface area contributed by atoms with Gasteiger partial charge in [0, 0.05) is 15.1 Å². The van der Waals surface area contributed by atoms with Gasteiger partial charge < -0.3 is 14.2 Å². The first-order valence-electron chi connectivity index (χ1n) is 12.5. The molecule has 0 bridgehead atoms. The monoisotopic (exact) mass is 620 g/mol. The lowest BCUT2D eigenvalue weighted by atomic mass is 10.2. The van der Waals surface area contributed by atoms with E-state index in [2.05, 4.69) is 26.5 Å². The van der Waals surface area contributed by atoms with Gasteiger partial charge in [0.2, 0.25) is 0 Å². The van der Waals surface area contributed by atoms with Crippen molar-refractivity contribution in [3.05, 3.63) is 123 Å². The zero-order valence-electron chi connectivity index (χ0n) is 21.6. The summed E-state index contributed by atoms with van der Waals surface area (Å²) < 4.78 is 17.8. The highest BCUT2D eigenvalue weighted by Gasteiger charge is 2.14. The molecule has 0 radical (unpaired) electrons. The van der Waals surface area contributed by atoms with Crippen LogP contribution in [0.1, 0.15) is 45.2 Å². The summed E-state index contributed by atoms with van der Waals surface area (Å²) in [6.45, 7) is 2.89. The quantitative estimate of drug-likeness (QED) is 0.0814. The van der Waals surface area contributed by atoms with Crippen molar-refractivity contribution in [1.82, 2.24) is 5.43 Å². The van der Waals surface area contributed by atoms with Crippen LogP contribution in [-0.4, -0.2) is 24.7 Å². The number of benzene rings is 4. The van der Waals surface area contributed by atoms with Gasteiger partial charge in [-0.2, -0.15) is 5.10 Å². The van der Waals surface area contributed by atoms with E-state index in [1.165, 1.54) is 6.21 Å². The topological polar surface area (TPSA) is 86.2 Å². The fourth-order valence-corrected chi connectivity index (χ4v) is 4.03. The minimum absolute atomic E-state index is 0.270. The first kappa shape index (κ1) is 28.9. The summed E-state index contributed by atoms with van der Waals surface area (Å²) in [6.07, 6.45) is 2.30. The molecule has 4 rings (SSSR count). The molecular formula is C31H26BrClN2O5. The molecule has 0 atom stereocenters. The van der Waals surface area contributed by atoms with Crippen molar-refractivity contribution in [2.75, 3.05) is 6.61 Å². The summed E-state index contributed by atoms with van der Waals surface area (Å²) in [5.74, 6) is 0.386. The molecule has 0 aromatic heterocycles. The van der Waals surface area contributed by atoms with Crippen LogP contribution in [-0.2, 0) is 6.61 Å². The summed E-state index contributed by atoms with van der Waals surface area (Å²) >= 11 is 9.36. The Balaban J connectivity index is 1.41. The number of amides is 1. The van der Waals surface area contributed by atoms with Crippen LogP contribution in [0, 0.1) is 0 Å². The van der Waals surface area contributed by atoms with Crippen LogP contribution in [0.15, 0.2) is 101 Å². The second-order valence-corrected chi connectivity index (χ2v) is 9.91. The third-order valence-corrected chi connectivity index (χ3v) is 6.29. The molecule has 4 aromatic carbocycles. The van der Waals surface area contributed by atoms with E-state index in [9.17, 15) is 9.59 Å². The Morgan fingerprint density at radius 2 is 1.68 bits per heavy atom. The molecular weight excluding hydrogens is 596 g/mol. The van der Waals surface area contributed by atoms with E-state index in [4.69, 9.17) is 25.8 Å². The van der Waals surface area contributed by atoms with E-state index in [0.29, 0.717) is 39.8 Å². The highest BCUT2D eigenvalue weighted by Crippen LogP contribution is 2.24. The van der Waals surface area contributed by atoms with Gasteiger partial charge in [-0.3, -0.25) is 4.79 Å². The van der Waals surface area contributed by atoms with Gasteiger partial charge in [-0.15, -0.1) is 0 Å². The maximum absolute atomic E-state index is 12.9. The Hall–Kier alpha value is -4.14. The predicted molar refractivity (Wildman–Crippen MR) is 159 cm³/mol. The number of hydrazone groups is 1. The summed E-state index contributed by atoms with van der Waals surface area (Å²) in [4.78, 5) is 25.6. The fraction of sp³-hybridized carbons (Fsp3) is 0.129. The Morgan fingerprint density at radius 3 is 2.42 bits per heavy atom. The third kappa shape index (κ3) is 8.18. The minimum atomic E-state index is -0.533. The van der Waals surface area contributed by atoms with Crippen molar-refractivity contribution in [2.45, 2.75) is 20.0 Å². The first-order valence-corrected chi connectivity index (χ1v) is 13.6. The van der Waals surface area contributed by atoms with Crippen molar-refractivity contribution in [1.29, 1.82) is 0 Å². The number of rotatable bonds is 11. The number of ether oxygens (including phenoxy) is 3. The van der Waals surface area contributed by atoms with Gasteiger partial charge in [0.15, 0.2) is 0 Å². The number of nitrogens with one attached hydrogen (secondary N) is 1. The Bertz CT molecular complexity index is 1490. The molecule has 7 nitrogen and oxygen atoms in total. The molecule has 0 unspecified atom stereocenters. The average molecular weight is 622 g/mol. The van der Waals surface area contributed by atoms with Gasteiger partial charge in [-0.25, -0.2) is 10.2 Å². The fourth-order valence-electron chi connectivity index (χ4n) is 3.52. The summed E-state index contributed by atoms with van der Waals surface area (Å²) in [6, 6.07) is 26.0. The lowest BCUT2D eigenvalue weighted by Crippen LogP contribution is -2.19. The second-order valence-electron chi connectivity index (χ2n) is 8.55. The lowest BCUT2D eigenvalue weighted by Gasteiger charge is -2.11. The Kier molecular flexibility index (Phi) is 10.3. The van der Waals surface area contributed by atoms with E-state index >= 15 is 0 Å². The van der Waals surface area contributed by atoms with Gasteiger partial charge in [-0.1, -0.05) is 58.7 Å². The second kappa shape index (κ2) is 14.3. The standard InChI is InChI=1S/C31H26BrClN2O5/c1-2-17-38-26-14-9-22(10-15-26)31(37)40-28-16-11-24(32)18-23(28)19-34-35-30(36)27-5-3-4-6-29(27)39-20-21-7-12-25(33)13-8-21/h3-16,18-19H,2,17,20H2,1H3,(H,35,36)/b34-19+. The van der Waals surface area contributed by atoms with Gasteiger partial charge in [0.25, 0.3) is 5.91 Å². The highest BCUT2D eigenvalue weighted by molar-refractivity contribution is 9.10. The molecule has 1 N–H and O–H groups in total. The van der Waals surface area contributed by atoms with E-state index in [1.807, 2.05) is 19.1 Å². The number of halogens is 2. The van der Waals surface area contributed by atoms with Crippen LogP contribution in [0.3, 0.4) is 0 Å². The number of esters is 1. The molecule has 0 aliphatic heterocycles. The van der Waals surface area contributed by atoms with E-state index in [0.717, 1.165) is 16.5 Å². The van der Waals surface area contributed by atoms with Crippen LogP contribution < -0.4 is 19.6 Å². The minimum Gasteiger partial charge on any atom is -0.494 e. The lowest BCUT2D eigenvalue weighted by molar-refractivity contribution is 0.0734. The largest absolute Gasteiger partial charge is 0.494 e. The third-order valence-electron chi connectivity index (χ3n) is 5.55. The van der Waals surface area contributed by atoms with Gasteiger partial charge in [0.1, 0.15) is 23.9 Å². The smallest absolute Gasteiger partial charge is 0.343 e. The molecule has 0 fully saturated rings. The van der Waals surface area contributed by atoms with Crippen molar-refractivity contribution in [2.24, 2.45) is 5.10 Å². The van der Waals surface area contributed by atoms with Crippen molar-refractivity contribution < 1.29 is 23.8 Å². The van der Waals surface area contributed by atoms with Crippen molar-refractivity contribution in [3.63, 3.8) is 0 Å². The normalized spacial score (nSPS) is 10.8. The van der Waals surface area contributed by atoms with Crippen LogP contribution in [0.5, 0.6) is 17.2 Å². The Labute approximate surface area is 245 Å². The maximum atomic E-state index is 12.9. The molecule has 1 amide bonds. The number of carbonyl (C=O) groups is 2. The summed E-state index contributed by atoms with van der Waals surface area (Å²) in [7, 11) is 0. The first-order chi connectivity index (χ1) is 19.4. The maximum Gasteiger partial charge on any atom is 0.343 e. The SMILES string of the molecule is CCCOc1ccc(C(=O)Oc2ccc(Br)cc2/C=N/NC(=O)c2ccccc2OCc2ccc(Cl)cc2)cc1. The average Bonchev–Trinajstić information content (AvgIpc) is 2.97. The van der Waals surface area contributed by atoms with E-state index < -0.39 is 11.9 Å². The number of nitrogens with zero attached hydrogens (tertiary/aromatic N) is 1. The zero-order valence-corrected chi connectivity index (χ0v) is 23.9. The van der Waals surface area contributed by atoms with Gasteiger partial charge in [0.05, 0.1) is 23.9 Å². The summed E-state index contributed by atoms with van der Waals surface area (Å²) in [5.41, 5.74) is 4.60. The van der Waals surface area contributed by atoms with E-state index in [1.54, 1.807) is 78.9 Å². The molecule has 0 saturated heterocycles. The zero-order chi connectivity index (χ0) is 28.3. The number of hydrogen-bond acceptors (Lipinski definition) is 6. The molecule has 0 aliphatic carbocycles. The van der Waals surface area contributed by atoms with Crippen LogP contribution in [0.4, 0.5) is 0 Å². The van der Waals surface area contributed by atoms with Gasteiger partial charge >= 0.3 is 5.97 Å². The molecule has 0 aliphatic rings. The van der Waals surface area contributed by atoms with Gasteiger partial charge in [-0.05, 0) is 78.7 Å². The number of para-hydroxylation sites is 1. The predicted octanol–water partition coefficient (Wildman–Crippen LogP) is 7.45. The number of carbonyl (C=O) groups excluding carboxylic acids is 2. The molecule has 0 saturated carbocycles. The molecule has 204 valence electrons. The highest BCUT2D eigenvalue weighted by atomic mass is 79.9. The molecule has 9 heteroatoms. The van der Waals surface area contributed by atoms with Crippen molar-refractivity contribution >= 4 is 45.6 Å². The van der Waals surface area contributed by atoms with E-state index in [-0.39, 0.29) is 12.4 Å². The molecule has 40 heavy (non-hydrogen) atoms. The van der Waals surface area contributed by atoms with Crippen LogP contribution in [0.2, 0.25) is 5.02 Å². The van der Waals surface area contributed by atoms with Crippen LogP contribution in [0.25, 0.3) is 0 Å². The Morgan fingerprint density at radius 1 is 0.925 bits per heavy atom. The van der Waals surface area contributed by atoms with Crippen molar-refractivity contribution in [3.8, 4) is 17.2 Å².